The van der Waals surface area contributed by atoms with Crippen LogP contribution in [0.5, 0.6) is 11.5 Å². The minimum Gasteiger partial charge on any atom is -0.492 e. The summed E-state index contributed by atoms with van der Waals surface area (Å²) in [4.78, 5) is 30.9. The number of hydrogen-bond acceptors (Lipinski definition) is 5. The van der Waals surface area contributed by atoms with E-state index in [2.05, 4.69) is 16.3 Å². The van der Waals surface area contributed by atoms with Crippen LogP contribution in [0.2, 0.25) is 0 Å². The summed E-state index contributed by atoms with van der Waals surface area (Å²) in [7, 11) is 0. The molecular formula is C32H43N3O4. The van der Waals surface area contributed by atoms with E-state index in [1.54, 1.807) is 0 Å². The first-order chi connectivity index (χ1) is 19.0. The Morgan fingerprint density at radius 1 is 1.03 bits per heavy atom. The minimum absolute atomic E-state index is 0.00437. The highest BCUT2D eigenvalue weighted by Crippen LogP contribution is 2.38. The molecule has 0 aliphatic carbocycles. The van der Waals surface area contributed by atoms with Gasteiger partial charge in [-0.15, -0.1) is 0 Å². The van der Waals surface area contributed by atoms with Gasteiger partial charge in [-0.2, -0.15) is 0 Å². The maximum atomic E-state index is 13.6. The Labute approximate surface area is 232 Å². The molecule has 0 unspecified atom stereocenters. The largest absolute Gasteiger partial charge is 0.492 e. The van der Waals surface area contributed by atoms with Crippen molar-refractivity contribution in [3.05, 3.63) is 53.6 Å². The lowest BCUT2D eigenvalue weighted by Gasteiger charge is -2.42. The highest BCUT2D eigenvalue weighted by molar-refractivity contribution is 5.96. The monoisotopic (exact) mass is 533 g/mol. The van der Waals surface area contributed by atoms with Crippen LogP contribution in [0, 0.1) is 5.41 Å². The smallest absolute Gasteiger partial charge is 0.260 e. The van der Waals surface area contributed by atoms with Crippen LogP contribution in [-0.2, 0) is 11.2 Å². The molecule has 1 atom stereocenters. The first-order valence-electron chi connectivity index (χ1n) is 14.8. The molecule has 5 rings (SSSR count). The summed E-state index contributed by atoms with van der Waals surface area (Å²) in [5.41, 5.74) is 2.93. The zero-order chi connectivity index (χ0) is 27.2. The Kier molecular flexibility index (Phi) is 8.63. The Hall–Kier alpha value is -3.22. The van der Waals surface area contributed by atoms with Crippen molar-refractivity contribution < 1.29 is 19.1 Å². The normalized spacial score (nSPS) is 21.8. The molecule has 2 fully saturated rings. The predicted molar refractivity (Wildman–Crippen MR) is 154 cm³/mol. The van der Waals surface area contributed by atoms with Gasteiger partial charge in [-0.3, -0.25) is 9.59 Å². The molecular weight excluding hydrogens is 490 g/mol. The lowest BCUT2D eigenvalue weighted by Crippen LogP contribution is -2.49. The number of rotatable bonds is 4. The molecule has 7 heteroatoms. The number of aryl methyl sites for hydroxylation is 1. The van der Waals surface area contributed by atoms with Gasteiger partial charge >= 0.3 is 0 Å². The van der Waals surface area contributed by atoms with Gasteiger partial charge in [0.25, 0.3) is 11.8 Å². The van der Waals surface area contributed by atoms with E-state index >= 15 is 0 Å². The van der Waals surface area contributed by atoms with E-state index in [4.69, 9.17) is 9.47 Å². The summed E-state index contributed by atoms with van der Waals surface area (Å²) in [6, 6.07) is 13.9. The van der Waals surface area contributed by atoms with E-state index in [0.717, 1.165) is 79.9 Å². The molecule has 210 valence electrons. The number of fused-ring (bicyclic) bond motifs is 1. The van der Waals surface area contributed by atoms with E-state index in [0.29, 0.717) is 26.2 Å². The van der Waals surface area contributed by atoms with Crippen LogP contribution >= 0.6 is 0 Å². The molecule has 2 aromatic carbocycles. The molecule has 2 saturated heterocycles. The number of piperidine rings is 1. The number of carbonyl (C=O) groups is 2. The predicted octanol–water partition coefficient (Wildman–Crippen LogP) is 5.22. The Balaban J connectivity index is 1.26. The number of nitrogens with one attached hydrogen (secondary N) is 1. The number of amides is 2. The van der Waals surface area contributed by atoms with Crippen molar-refractivity contribution in [2.75, 3.05) is 44.2 Å². The van der Waals surface area contributed by atoms with Gasteiger partial charge < -0.3 is 24.6 Å². The number of para-hydroxylation sites is 1. The SMILES string of the molecule is CCOc1ccc(C(=O)N2CCC3(CCCCc4ccccc4O[C@H](C)C(=O)NC3)CC2)cc1N1CCCC1. The highest BCUT2D eigenvalue weighted by Gasteiger charge is 2.37. The van der Waals surface area contributed by atoms with Gasteiger partial charge in [0.05, 0.1) is 12.3 Å². The van der Waals surface area contributed by atoms with E-state index in [1.807, 2.05) is 55.1 Å². The Morgan fingerprint density at radius 2 is 1.79 bits per heavy atom. The molecule has 2 aromatic rings. The lowest BCUT2D eigenvalue weighted by atomic mass is 9.74. The van der Waals surface area contributed by atoms with Crippen LogP contribution in [0.4, 0.5) is 5.69 Å². The molecule has 1 N–H and O–H groups in total. The second-order valence-electron chi connectivity index (χ2n) is 11.4. The second-order valence-corrected chi connectivity index (χ2v) is 11.4. The molecule has 0 radical (unpaired) electrons. The summed E-state index contributed by atoms with van der Waals surface area (Å²) in [5.74, 6) is 1.68. The maximum absolute atomic E-state index is 13.6. The standard InChI is InChI=1S/C32H43N3O4/c1-3-38-29-14-13-26(22-27(29)34-18-8-9-19-34)31(37)35-20-16-32(17-21-35)15-7-6-11-25-10-4-5-12-28(25)39-24(2)30(36)33-23-32/h4-5,10,12-14,22,24H,3,6-9,11,15-21,23H2,1-2H3,(H,33,36)/t24-/m1/s1. The van der Waals surface area contributed by atoms with Crippen molar-refractivity contribution in [3.63, 3.8) is 0 Å². The quantitative estimate of drug-likeness (QED) is 0.584. The zero-order valence-corrected chi connectivity index (χ0v) is 23.5. The fraction of sp³-hybridized carbons (Fsp3) is 0.562. The van der Waals surface area contributed by atoms with Gasteiger partial charge in [0.1, 0.15) is 11.5 Å². The average Bonchev–Trinajstić information content (AvgIpc) is 3.50. The molecule has 1 spiro atoms. The fourth-order valence-electron chi connectivity index (χ4n) is 6.32. The van der Waals surface area contributed by atoms with Gasteiger partial charge in [0.2, 0.25) is 0 Å². The molecule has 3 aliphatic rings. The topological polar surface area (TPSA) is 71.1 Å². The summed E-state index contributed by atoms with van der Waals surface area (Å²) in [6.07, 6.45) is 7.75. The Bertz CT molecular complexity index is 1150. The van der Waals surface area contributed by atoms with Crippen LogP contribution in [-0.4, -0.2) is 62.1 Å². The molecule has 2 amide bonds. The van der Waals surface area contributed by atoms with Crippen molar-refractivity contribution in [1.29, 1.82) is 0 Å². The van der Waals surface area contributed by atoms with Crippen LogP contribution in [0.1, 0.15) is 74.7 Å². The first-order valence-corrected chi connectivity index (χ1v) is 14.8. The minimum atomic E-state index is -0.547. The molecule has 0 bridgehead atoms. The third kappa shape index (κ3) is 6.34. The molecule has 3 aliphatic heterocycles. The zero-order valence-electron chi connectivity index (χ0n) is 23.5. The molecule has 0 aromatic heterocycles. The molecule has 0 saturated carbocycles. The van der Waals surface area contributed by atoms with E-state index < -0.39 is 6.10 Å². The highest BCUT2D eigenvalue weighted by atomic mass is 16.5. The summed E-state index contributed by atoms with van der Waals surface area (Å²) < 4.78 is 11.9. The third-order valence-corrected chi connectivity index (χ3v) is 8.75. The van der Waals surface area contributed by atoms with Crippen molar-refractivity contribution in [2.45, 2.75) is 71.3 Å². The summed E-state index contributed by atoms with van der Waals surface area (Å²) in [6.45, 7) is 8.47. The summed E-state index contributed by atoms with van der Waals surface area (Å²) in [5, 5.41) is 3.19. The summed E-state index contributed by atoms with van der Waals surface area (Å²) >= 11 is 0. The van der Waals surface area contributed by atoms with E-state index in [9.17, 15) is 9.59 Å². The van der Waals surface area contributed by atoms with Gasteiger partial charge in [0, 0.05) is 38.3 Å². The van der Waals surface area contributed by atoms with E-state index in [1.165, 1.54) is 12.8 Å². The number of likely N-dealkylation sites (tertiary alicyclic amines) is 1. The third-order valence-electron chi connectivity index (χ3n) is 8.75. The number of nitrogens with zero attached hydrogens (tertiary/aromatic N) is 2. The second kappa shape index (κ2) is 12.3. The molecule has 7 nitrogen and oxygen atoms in total. The van der Waals surface area contributed by atoms with Crippen LogP contribution in [0.15, 0.2) is 42.5 Å². The van der Waals surface area contributed by atoms with Gasteiger partial charge in [0.15, 0.2) is 6.10 Å². The maximum Gasteiger partial charge on any atom is 0.260 e. The Morgan fingerprint density at radius 3 is 2.56 bits per heavy atom. The number of hydrogen-bond donors (Lipinski definition) is 1. The number of ether oxygens (including phenoxy) is 2. The average molecular weight is 534 g/mol. The number of anilines is 1. The molecule has 39 heavy (non-hydrogen) atoms. The number of carbonyl (C=O) groups excluding carboxylic acids is 2. The van der Waals surface area contributed by atoms with Crippen molar-refractivity contribution >= 4 is 17.5 Å². The fourth-order valence-corrected chi connectivity index (χ4v) is 6.32. The van der Waals surface area contributed by atoms with Crippen LogP contribution in [0.3, 0.4) is 0 Å². The van der Waals surface area contributed by atoms with Gasteiger partial charge in [-0.1, -0.05) is 24.6 Å². The van der Waals surface area contributed by atoms with Crippen molar-refractivity contribution in [1.82, 2.24) is 10.2 Å². The first kappa shape index (κ1) is 27.4. The van der Waals surface area contributed by atoms with E-state index in [-0.39, 0.29) is 17.2 Å². The van der Waals surface area contributed by atoms with Crippen molar-refractivity contribution in [2.24, 2.45) is 5.41 Å². The molecule has 3 heterocycles. The number of benzene rings is 2. The van der Waals surface area contributed by atoms with Gasteiger partial charge in [-0.25, -0.2) is 0 Å². The van der Waals surface area contributed by atoms with Crippen molar-refractivity contribution in [3.8, 4) is 11.5 Å². The van der Waals surface area contributed by atoms with Gasteiger partial charge in [-0.05, 0) is 94.0 Å². The van der Waals surface area contributed by atoms with Crippen LogP contribution < -0.4 is 19.7 Å². The lowest BCUT2D eigenvalue weighted by molar-refractivity contribution is -0.128. The van der Waals surface area contributed by atoms with Crippen LogP contribution in [0.25, 0.3) is 0 Å².